The number of hydrogen-bond acceptors (Lipinski definition) is 2. The fraction of sp³-hybridized carbons (Fsp3) is 1.00. The van der Waals surface area contributed by atoms with E-state index in [2.05, 4.69) is 10.6 Å². The van der Waals surface area contributed by atoms with Crippen molar-refractivity contribution >= 4 is 0 Å². The van der Waals surface area contributed by atoms with Crippen LogP contribution in [-0.2, 0) is 0 Å². The van der Waals surface area contributed by atoms with Crippen molar-refractivity contribution in [3.8, 4) is 0 Å². The van der Waals surface area contributed by atoms with Crippen molar-refractivity contribution in [3.05, 3.63) is 0 Å². The molecule has 0 aromatic heterocycles. The van der Waals surface area contributed by atoms with Crippen LogP contribution in [0.5, 0.6) is 0 Å². The Morgan fingerprint density at radius 2 is 2.25 bits per heavy atom. The topological polar surface area (TPSA) is 24.1 Å². The Balaban J connectivity index is 2.04. The summed E-state index contributed by atoms with van der Waals surface area (Å²) in [5, 5.41) is 6.82. The van der Waals surface area contributed by atoms with Crippen LogP contribution in [0, 0.1) is 5.92 Å². The van der Waals surface area contributed by atoms with E-state index in [1.54, 1.807) is 0 Å². The van der Waals surface area contributed by atoms with Crippen LogP contribution in [0.1, 0.15) is 6.42 Å². The molecule has 2 aliphatic rings. The van der Waals surface area contributed by atoms with E-state index >= 15 is 0 Å². The quantitative estimate of drug-likeness (QED) is 0.444. The van der Waals surface area contributed by atoms with Crippen LogP contribution in [0.25, 0.3) is 0 Å². The van der Waals surface area contributed by atoms with Gasteiger partial charge in [-0.1, -0.05) is 0 Å². The van der Waals surface area contributed by atoms with Gasteiger partial charge in [-0.3, -0.25) is 0 Å². The minimum Gasteiger partial charge on any atom is -0.315 e. The lowest BCUT2D eigenvalue weighted by Gasteiger charge is -2.03. The Morgan fingerprint density at radius 3 is 3.12 bits per heavy atom. The highest BCUT2D eigenvalue weighted by molar-refractivity contribution is 4.91. The molecule has 0 aromatic rings. The number of nitrogens with one attached hydrogen (secondary N) is 2. The van der Waals surface area contributed by atoms with Gasteiger partial charge < -0.3 is 10.6 Å². The molecule has 8 heavy (non-hydrogen) atoms. The van der Waals surface area contributed by atoms with E-state index in [1.807, 2.05) is 0 Å². The molecule has 0 aliphatic carbocycles. The molecule has 2 N–H and O–H groups in total. The first kappa shape index (κ1) is 4.77. The van der Waals surface area contributed by atoms with Crippen LogP contribution in [0.15, 0.2) is 0 Å². The summed E-state index contributed by atoms with van der Waals surface area (Å²) in [6.45, 7) is 3.69. The normalized spacial score (nSPS) is 45.0. The second kappa shape index (κ2) is 1.71. The third kappa shape index (κ3) is 0.565. The van der Waals surface area contributed by atoms with Crippen molar-refractivity contribution in [1.29, 1.82) is 0 Å². The molecule has 2 heterocycles. The van der Waals surface area contributed by atoms with Gasteiger partial charge in [0.1, 0.15) is 0 Å². The third-order valence-electron chi connectivity index (χ3n) is 2.26. The lowest BCUT2D eigenvalue weighted by molar-refractivity contribution is 0.555. The van der Waals surface area contributed by atoms with Crippen molar-refractivity contribution < 1.29 is 0 Å². The molecule has 1 unspecified atom stereocenters. The lowest BCUT2D eigenvalue weighted by Crippen LogP contribution is -2.27. The summed E-state index contributed by atoms with van der Waals surface area (Å²) in [6, 6.07) is 0.815. The van der Waals surface area contributed by atoms with E-state index < -0.39 is 0 Å². The highest BCUT2D eigenvalue weighted by atomic mass is 15.1. The van der Waals surface area contributed by atoms with Crippen molar-refractivity contribution in [2.75, 3.05) is 19.6 Å². The van der Waals surface area contributed by atoms with E-state index in [-0.39, 0.29) is 0 Å². The van der Waals surface area contributed by atoms with Gasteiger partial charge in [-0.15, -0.1) is 0 Å². The SMILES string of the molecule is C1C[C@@H]2CNCC2N1. The molecule has 2 heteroatoms. The van der Waals surface area contributed by atoms with E-state index in [0.717, 1.165) is 12.0 Å². The summed E-state index contributed by atoms with van der Waals surface area (Å²) < 4.78 is 0. The summed E-state index contributed by atoms with van der Waals surface area (Å²) in [5.41, 5.74) is 0. The van der Waals surface area contributed by atoms with Crippen LogP contribution in [-0.4, -0.2) is 25.7 Å². The first-order valence-corrected chi connectivity index (χ1v) is 3.41. The molecule has 2 saturated heterocycles. The minimum atomic E-state index is 0.815. The van der Waals surface area contributed by atoms with Crippen molar-refractivity contribution in [2.45, 2.75) is 12.5 Å². The van der Waals surface area contributed by atoms with Crippen LogP contribution in [0.4, 0.5) is 0 Å². The molecule has 0 amide bonds. The first-order valence-electron chi connectivity index (χ1n) is 3.41. The molecule has 2 nitrogen and oxygen atoms in total. The van der Waals surface area contributed by atoms with Crippen LogP contribution >= 0.6 is 0 Å². The van der Waals surface area contributed by atoms with Gasteiger partial charge in [0.2, 0.25) is 0 Å². The van der Waals surface area contributed by atoms with E-state index in [9.17, 15) is 0 Å². The fourth-order valence-corrected chi connectivity index (χ4v) is 1.73. The Hall–Kier alpha value is -0.0800. The Kier molecular flexibility index (Phi) is 1.02. The van der Waals surface area contributed by atoms with Gasteiger partial charge in [-0.2, -0.15) is 0 Å². The second-order valence-corrected chi connectivity index (χ2v) is 2.77. The predicted octanol–water partition coefficient (Wildman–Crippen LogP) is -0.432. The monoisotopic (exact) mass is 112 g/mol. The maximum atomic E-state index is 3.46. The van der Waals surface area contributed by atoms with Crippen LogP contribution in [0.2, 0.25) is 0 Å². The largest absolute Gasteiger partial charge is 0.315 e. The molecule has 2 fully saturated rings. The van der Waals surface area contributed by atoms with Crippen LogP contribution < -0.4 is 10.6 Å². The summed E-state index contributed by atoms with van der Waals surface area (Å²) >= 11 is 0. The minimum absolute atomic E-state index is 0.815. The molecule has 2 aliphatic heterocycles. The molecule has 0 spiro atoms. The zero-order chi connectivity index (χ0) is 5.40. The molecule has 0 bridgehead atoms. The van der Waals surface area contributed by atoms with E-state index in [0.29, 0.717) is 0 Å². The van der Waals surface area contributed by atoms with Crippen molar-refractivity contribution in [3.63, 3.8) is 0 Å². The van der Waals surface area contributed by atoms with Crippen LogP contribution in [0.3, 0.4) is 0 Å². The summed E-state index contributed by atoms with van der Waals surface area (Å²) in [7, 11) is 0. The second-order valence-electron chi connectivity index (χ2n) is 2.77. The van der Waals surface area contributed by atoms with Gasteiger partial charge in [-0.05, 0) is 25.4 Å². The van der Waals surface area contributed by atoms with Gasteiger partial charge >= 0.3 is 0 Å². The average Bonchev–Trinajstić information content (AvgIpc) is 2.15. The van der Waals surface area contributed by atoms with Gasteiger partial charge in [-0.25, -0.2) is 0 Å². The molecule has 2 rings (SSSR count). The molecule has 46 valence electrons. The van der Waals surface area contributed by atoms with Gasteiger partial charge in [0.25, 0.3) is 0 Å². The molecule has 0 aromatic carbocycles. The zero-order valence-electron chi connectivity index (χ0n) is 4.98. The number of hydrogen-bond donors (Lipinski definition) is 2. The third-order valence-corrected chi connectivity index (χ3v) is 2.26. The standard InChI is InChI=1S/C6H12N2/c1-2-8-6-4-7-3-5(1)6/h5-8H,1-4H2/t5-,6?/m1/s1. The Bertz CT molecular complexity index is 72.5. The van der Waals surface area contributed by atoms with Gasteiger partial charge in [0, 0.05) is 12.6 Å². The molecule has 2 atom stereocenters. The van der Waals surface area contributed by atoms with Crippen molar-refractivity contribution in [2.24, 2.45) is 5.92 Å². The summed E-state index contributed by atoms with van der Waals surface area (Å²) in [6.07, 6.45) is 1.39. The molecule has 0 saturated carbocycles. The lowest BCUT2D eigenvalue weighted by atomic mass is 10.1. The van der Waals surface area contributed by atoms with Gasteiger partial charge in [0.15, 0.2) is 0 Å². The average molecular weight is 112 g/mol. The van der Waals surface area contributed by atoms with Crippen molar-refractivity contribution in [1.82, 2.24) is 10.6 Å². The maximum Gasteiger partial charge on any atom is 0.0233 e. The van der Waals surface area contributed by atoms with E-state index in [4.69, 9.17) is 0 Å². The van der Waals surface area contributed by atoms with Gasteiger partial charge in [0.05, 0.1) is 0 Å². The fourth-order valence-electron chi connectivity index (χ4n) is 1.73. The first-order chi connectivity index (χ1) is 3.97. The smallest absolute Gasteiger partial charge is 0.0233 e. The maximum absolute atomic E-state index is 3.46. The van der Waals surface area contributed by atoms with E-state index in [1.165, 1.54) is 26.1 Å². The number of rotatable bonds is 0. The highest BCUT2D eigenvalue weighted by Gasteiger charge is 2.30. The number of fused-ring (bicyclic) bond motifs is 1. The Morgan fingerprint density at radius 1 is 1.25 bits per heavy atom. The summed E-state index contributed by atoms with van der Waals surface area (Å²) in [5.74, 6) is 0.954. The molecular formula is C6H12N2. The predicted molar refractivity (Wildman–Crippen MR) is 32.8 cm³/mol. The zero-order valence-corrected chi connectivity index (χ0v) is 4.98. The molecular weight excluding hydrogens is 100 g/mol. The molecule has 0 radical (unpaired) electrons. The highest BCUT2D eigenvalue weighted by Crippen LogP contribution is 2.17. The Labute approximate surface area is 49.7 Å². The summed E-state index contributed by atoms with van der Waals surface area (Å²) in [4.78, 5) is 0.